The van der Waals surface area contributed by atoms with Crippen LogP contribution < -0.4 is 0 Å². The molecule has 0 aliphatic heterocycles. The van der Waals surface area contributed by atoms with E-state index in [1.54, 1.807) is 0 Å². The van der Waals surface area contributed by atoms with E-state index in [0.29, 0.717) is 0 Å². The normalized spacial score (nSPS) is 13.6. The Kier molecular flexibility index (Phi) is 7.64. The average Bonchev–Trinajstić information content (AvgIpc) is 3.75. The van der Waals surface area contributed by atoms with E-state index in [1.165, 1.54) is 100 Å². The molecular formula is C49H44. The third kappa shape index (κ3) is 5.05. The monoisotopic (exact) mass is 632 g/mol. The largest absolute Gasteiger partial charge is 0.0634 e. The zero-order valence-electron chi connectivity index (χ0n) is 29.6. The highest BCUT2D eigenvalue weighted by Gasteiger charge is 2.45. The van der Waals surface area contributed by atoms with Crippen molar-refractivity contribution in [3.8, 4) is 22.3 Å². The molecule has 0 unspecified atom stereocenters. The molecule has 8 rings (SSSR count). The molecular weight excluding hydrogens is 589 g/mol. The zero-order chi connectivity index (χ0) is 33.9. The average molecular weight is 633 g/mol. The molecule has 0 heterocycles. The number of rotatable bonds is 6. The smallest absolute Gasteiger partial charge is 0.0614 e. The van der Waals surface area contributed by atoms with Gasteiger partial charge in [0.25, 0.3) is 0 Å². The van der Waals surface area contributed by atoms with Gasteiger partial charge in [-0.15, -0.1) is 0 Å². The lowest BCUT2D eigenvalue weighted by Gasteiger charge is -2.39. The van der Waals surface area contributed by atoms with E-state index in [1.807, 2.05) is 0 Å². The van der Waals surface area contributed by atoms with Gasteiger partial charge in [0, 0.05) is 0 Å². The molecule has 240 valence electrons. The molecule has 0 aromatic heterocycles. The SMILES string of the molecule is Cc1ccc(C(C2=Cc3c(cccc3-c3cccc(C)c3C)C2)(C2=Cc3c(cccc3-c3cccc(C)c3C)C2)c2ccc(C)cc2)cc1. The van der Waals surface area contributed by atoms with Crippen LogP contribution in [-0.4, -0.2) is 0 Å². The van der Waals surface area contributed by atoms with Crippen LogP contribution in [0.3, 0.4) is 0 Å². The van der Waals surface area contributed by atoms with Crippen molar-refractivity contribution in [2.24, 2.45) is 0 Å². The fraction of sp³-hybridized carbons (Fsp3) is 0.184. The first kappa shape index (κ1) is 31.1. The lowest BCUT2D eigenvalue weighted by atomic mass is 9.63. The molecule has 0 spiro atoms. The predicted molar refractivity (Wildman–Crippen MR) is 209 cm³/mol. The first-order valence-corrected chi connectivity index (χ1v) is 17.7. The lowest BCUT2D eigenvalue weighted by molar-refractivity contribution is 0.684. The Hall–Kier alpha value is -5.20. The number of hydrogen-bond acceptors (Lipinski definition) is 0. The molecule has 0 amide bonds. The van der Waals surface area contributed by atoms with Crippen molar-refractivity contribution < 1.29 is 0 Å². The van der Waals surface area contributed by atoms with Crippen molar-refractivity contribution in [3.05, 3.63) is 199 Å². The zero-order valence-corrected chi connectivity index (χ0v) is 29.6. The van der Waals surface area contributed by atoms with Crippen LogP contribution in [0.4, 0.5) is 0 Å². The maximum absolute atomic E-state index is 2.56. The maximum Gasteiger partial charge on any atom is 0.0634 e. The molecule has 0 bridgehead atoms. The molecule has 0 saturated heterocycles. The van der Waals surface area contributed by atoms with Crippen LogP contribution in [0.1, 0.15) is 66.8 Å². The van der Waals surface area contributed by atoms with E-state index in [4.69, 9.17) is 0 Å². The summed E-state index contributed by atoms with van der Waals surface area (Å²) in [6, 6.07) is 46.0. The minimum absolute atomic E-state index is 0.433. The molecule has 2 aliphatic carbocycles. The van der Waals surface area contributed by atoms with Gasteiger partial charge < -0.3 is 0 Å². The van der Waals surface area contributed by atoms with Gasteiger partial charge in [-0.25, -0.2) is 0 Å². The number of allylic oxidation sites excluding steroid dienone is 2. The van der Waals surface area contributed by atoms with Crippen molar-refractivity contribution >= 4 is 12.2 Å². The van der Waals surface area contributed by atoms with Crippen LogP contribution in [0.25, 0.3) is 34.4 Å². The van der Waals surface area contributed by atoms with Gasteiger partial charge in [0.05, 0.1) is 5.41 Å². The quantitative estimate of drug-likeness (QED) is 0.171. The molecule has 0 N–H and O–H groups in total. The molecule has 0 nitrogen and oxygen atoms in total. The minimum Gasteiger partial charge on any atom is -0.0614 e. The van der Waals surface area contributed by atoms with Crippen LogP contribution in [0.15, 0.2) is 132 Å². The summed E-state index contributed by atoms with van der Waals surface area (Å²) in [4.78, 5) is 0. The van der Waals surface area contributed by atoms with E-state index in [0.717, 1.165) is 12.8 Å². The third-order valence-corrected chi connectivity index (χ3v) is 11.5. The fourth-order valence-electron chi connectivity index (χ4n) is 8.49. The Morgan fingerprint density at radius 3 is 1.16 bits per heavy atom. The van der Waals surface area contributed by atoms with Crippen molar-refractivity contribution in [2.75, 3.05) is 0 Å². The van der Waals surface area contributed by atoms with Gasteiger partial charge in [-0.3, -0.25) is 0 Å². The van der Waals surface area contributed by atoms with Gasteiger partial charge in [-0.05, 0) is 143 Å². The summed E-state index contributed by atoms with van der Waals surface area (Å²) < 4.78 is 0. The summed E-state index contributed by atoms with van der Waals surface area (Å²) >= 11 is 0. The molecule has 49 heavy (non-hydrogen) atoms. The fourth-order valence-corrected chi connectivity index (χ4v) is 8.49. The van der Waals surface area contributed by atoms with E-state index < -0.39 is 5.41 Å². The van der Waals surface area contributed by atoms with Gasteiger partial charge in [0.1, 0.15) is 0 Å². The van der Waals surface area contributed by atoms with Gasteiger partial charge >= 0.3 is 0 Å². The summed E-state index contributed by atoms with van der Waals surface area (Å²) in [5.41, 5.74) is 23.9. The number of aryl methyl sites for hydroxylation is 4. The predicted octanol–water partition coefficient (Wildman–Crippen LogP) is 12.4. The maximum atomic E-state index is 2.56. The highest BCUT2D eigenvalue weighted by molar-refractivity contribution is 5.88. The Bertz CT molecular complexity index is 2140. The van der Waals surface area contributed by atoms with Crippen LogP contribution >= 0.6 is 0 Å². The van der Waals surface area contributed by atoms with Crippen LogP contribution in [-0.2, 0) is 18.3 Å². The summed E-state index contributed by atoms with van der Waals surface area (Å²) in [6.45, 7) is 13.4. The second kappa shape index (κ2) is 12.0. The Labute approximate surface area is 292 Å². The first-order valence-electron chi connectivity index (χ1n) is 17.7. The Morgan fingerprint density at radius 1 is 0.388 bits per heavy atom. The first-order chi connectivity index (χ1) is 23.8. The molecule has 2 aliphatic rings. The standard InChI is InChI=1S/C49H44/c1-31-19-23-39(24-20-31)49(40-25-21-32(2)22-26-40,41-27-37-13-9-17-45(47(37)29-41)43-15-7-11-33(3)35(43)5)42-28-38-14-10-18-46(48(38)30-42)44-16-8-12-34(4)36(44)6/h7-26,29-30H,27-28H2,1-6H3. The van der Waals surface area contributed by atoms with E-state index in [-0.39, 0.29) is 0 Å². The van der Waals surface area contributed by atoms with Gasteiger partial charge in [0.2, 0.25) is 0 Å². The molecule has 0 saturated carbocycles. The van der Waals surface area contributed by atoms with Crippen LogP contribution in [0.2, 0.25) is 0 Å². The molecule has 0 fully saturated rings. The van der Waals surface area contributed by atoms with Crippen molar-refractivity contribution in [3.63, 3.8) is 0 Å². The molecule has 6 aromatic rings. The molecule has 0 radical (unpaired) electrons. The summed E-state index contributed by atoms with van der Waals surface area (Å²) in [5, 5.41) is 0. The van der Waals surface area contributed by atoms with E-state index in [9.17, 15) is 0 Å². The van der Waals surface area contributed by atoms with E-state index >= 15 is 0 Å². The van der Waals surface area contributed by atoms with Crippen molar-refractivity contribution in [1.29, 1.82) is 0 Å². The second-order valence-corrected chi connectivity index (χ2v) is 14.4. The second-order valence-electron chi connectivity index (χ2n) is 14.4. The molecule has 0 atom stereocenters. The number of benzene rings is 6. The van der Waals surface area contributed by atoms with Crippen molar-refractivity contribution in [2.45, 2.75) is 59.8 Å². The molecule has 6 aromatic carbocycles. The van der Waals surface area contributed by atoms with Crippen LogP contribution in [0.5, 0.6) is 0 Å². The molecule has 0 heteroatoms. The summed E-state index contributed by atoms with van der Waals surface area (Å²) in [7, 11) is 0. The van der Waals surface area contributed by atoms with E-state index in [2.05, 4.69) is 175 Å². The minimum atomic E-state index is -0.433. The summed E-state index contributed by atoms with van der Waals surface area (Å²) in [5.74, 6) is 0. The number of hydrogen-bond donors (Lipinski definition) is 0. The summed E-state index contributed by atoms with van der Waals surface area (Å²) in [6.07, 6.45) is 6.93. The van der Waals surface area contributed by atoms with Gasteiger partial charge in [-0.2, -0.15) is 0 Å². The third-order valence-electron chi connectivity index (χ3n) is 11.5. The lowest BCUT2D eigenvalue weighted by Crippen LogP contribution is -2.33. The highest BCUT2D eigenvalue weighted by atomic mass is 14.5. The Morgan fingerprint density at radius 2 is 0.755 bits per heavy atom. The van der Waals surface area contributed by atoms with Crippen LogP contribution in [0, 0.1) is 41.5 Å². The Balaban J connectivity index is 1.41. The topological polar surface area (TPSA) is 0 Å². The van der Waals surface area contributed by atoms with Gasteiger partial charge in [-0.1, -0.05) is 145 Å². The van der Waals surface area contributed by atoms with Crippen molar-refractivity contribution in [1.82, 2.24) is 0 Å². The number of fused-ring (bicyclic) bond motifs is 2. The van der Waals surface area contributed by atoms with Gasteiger partial charge in [0.15, 0.2) is 0 Å². The highest BCUT2D eigenvalue weighted by Crippen LogP contribution is 2.54.